The standard InChI is InChI=1S/C18H17N3S/c1-12(2)11-22-18-20-14-8-4-3-7-13(14)17-19-15-9-5-6-10-16(15)21(17)18/h3-10,12H,11H2,1-2H3. The number of nitrogens with zero attached hydrogens (tertiary/aromatic N) is 3. The molecule has 0 radical (unpaired) electrons. The fourth-order valence-electron chi connectivity index (χ4n) is 2.65. The van der Waals surface area contributed by atoms with E-state index < -0.39 is 0 Å². The summed E-state index contributed by atoms with van der Waals surface area (Å²) in [7, 11) is 0. The van der Waals surface area contributed by atoms with Crippen LogP contribution < -0.4 is 0 Å². The summed E-state index contributed by atoms with van der Waals surface area (Å²) in [6.07, 6.45) is 0. The summed E-state index contributed by atoms with van der Waals surface area (Å²) in [4.78, 5) is 9.72. The van der Waals surface area contributed by atoms with Crippen molar-refractivity contribution in [2.75, 3.05) is 5.75 Å². The van der Waals surface area contributed by atoms with Gasteiger partial charge in [-0.15, -0.1) is 0 Å². The van der Waals surface area contributed by atoms with Gasteiger partial charge in [0.05, 0.1) is 16.6 Å². The number of thioether (sulfide) groups is 1. The summed E-state index contributed by atoms with van der Waals surface area (Å²) in [6, 6.07) is 16.5. The molecule has 2 aromatic carbocycles. The largest absolute Gasteiger partial charge is 0.271 e. The number of para-hydroxylation sites is 3. The van der Waals surface area contributed by atoms with Gasteiger partial charge in [-0.25, -0.2) is 9.97 Å². The molecule has 0 aliphatic rings. The summed E-state index contributed by atoms with van der Waals surface area (Å²) in [5.74, 6) is 1.68. The van der Waals surface area contributed by atoms with Gasteiger partial charge in [0.25, 0.3) is 0 Å². The summed E-state index contributed by atoms with van der Waals surface area (Å²) in [6.45, 7) is 4.47. The quantitative estimate of drug-likeness (QED) is 0.403. The smallest absolute Gasteiger partial charge is 0.174 e. The van der Waals surface area contributed by atoms with Gasteiger partial charge in [0.2, 0.25) is 0 Å². The molecular formula is C18H17N3S. The van der Waals surface area contributed by atoms with Crippen LogP contribution in [0.5, 0.6) is 0 Å². The van der Waals surface area contributed by atoms with Crippen LogP contribution in [0.3, 0.4) is 0 Å². The molecule has 4 rings (SSSR count). The van der Waals surface area contributed by atoms with E-state index in [-0.39, 0.29) is 0 Å². The van der Waals surface area contributed by atoms with Gasteiger partial charge in [-0.2, -0.15) is 0 Å². The molecule has 4 heteroatoms. The number of hydrogen-bond acceptors (Lipinski definition) is 3. The molecule has 0 aliphatic carbocycles. The zero-order valence-electron chi connectivity index (χ0n) is 12.7. The van der Waals surface area contributed by atoms with Crippen molar-refractivity contribution >= 4 is 39.3 Å². The van der Waals surface area contributed by atoms with Crippen molar-refractivity contribution in [2.45, 2.75) is 19.0 Å². The van der Waals surface area contributed by atoms with Gasteiger partial charge in [-0.05, 0) is 30.2 Å². The highest BCUT2D eigenvalue weighted by Crippen LogP contribution is 2.29. The molecule has 0 unspecified atom stereocenters. The second kappa shape index (κ2) is 5.29. The summed E-state index contributed by atoms with van der Waals surface area (Å²) in [5, 5.41) is 2.13. The third-order valence-corrected chi connectivity index (χ3v) is 5.02. The molecule has 110 valence electrons. The van der Waals surface area contributed by atoms with E-state index in [0.29, 0.717) is 5.92 Å². The second-order valence-electron chi connectivity index (χ2n) is 5.88. The van der Waals surface area contributed by atoms with Crippen LogP contribution >= 0.6 is 11.8 Å². The Morgan fingerprint density at radius 3 is 2.50 bits per heavy atom. The van der Waals surface area contributed by atoms with Crippen LogP contribution in [0.25, 0.3) is 27.6 Å². The lowest BCUT2D eigenvalue weighted by Gasteiger charge is -2.09. The number of aromatic nitrogens is 3. The van der Waals surface area contributed by atoms with Gasteiger partial charge < -0.3 is 0 Å². The molecule has 2 aromatic heterocycles. The number of hydrogen-bond donors (Lipinski definition) is 0. The van der Waals surface area contributed by atoms with E-state index in [9.17, 15) is 0 Å². The maximum absolute atomic E-state index is 4.88. The monoisotopic (exact) mass is 307 g/mol. The van der Waals surface area contributed by atoms with Gasteiger partial charge in [0.15, 0.2) is 5.16 Å². The molecule has 0 bridgehead atoms. The third-order valence-electron chi connectivity index (χ3n) is 3.66. The van der Waals surface area contributed by atoms with Crippen LogP contribution in [-0.4, -0.2) is 20.1 Å². The Bertz CT molecular complexity index is 972. The van der Waals surface area contributed by atoms with E-state index in [1.165, 1.54) is 0 Å². The Hall–Kier alpha value is -2.07. The molecule has 0 spiro atoms. The number of rotatable bonds is 3. The van der Waals surface area contributed by atoms with Crippen molar-refractivity contribution in [3.63, 3.8) is 0 Å². The van der Waals surface area contributed by atoms with Crippen molar-refractivity contribution in [1.29, 1.82) is 0 Å². The predicted octanol–water partition coefficient (Wildman–Crippen LogP) is 4.78. The van der Waals surface area contributed by atoms with Gasteiger partial charge in [-0.3, -0.25) is 4.40 Å². The van der Waals surface area contributed by atoms with Crippen LogP contribution in [0.1, 0.15) is 13.8 Å². The van der Waals surface area contributed by atoms with E-state index in [4.69, 9.17) is 9.97 Å². The number of fused-ring (bicyclic) bond motifs is 5. The number of benzene rings is 2. The van der Waals surface area contributed by atoms with E-state index in [0.717, 1.165) is 38.5 Å². The Balaban J connectivity index is 2.09. The topological polar surface area (TPSA) is 30.2 Å². The summed E-state index contributed by atoms with van der Waals surface area (Å²) < 4.78 is 2.20. The minimum atomic E-state index is 0.628. The van der Waals surface area contributed by atoms with Crippen molar-refractivity contribution in [3.05, 3.63) is 48.5 Å². The van der Waals surface area contributed by atoms with Crippen LogP contribution in [0.4, 0.5) is 0 Å². The fraction of sp³-hybridized carbons (Fsp3) is 0.222. The van der Waals surface area contributed by atoms with Crippen molar-refractivity contribution in [3.8, 4) is 0 Å². The zero-order valence-corrected chi connectivity index (χ0v) is 13.5. The van der Waals surface area contributed by atoms with E-state index >= 15 is 0 Å². The molecule has 0 aliphatic heterocycles. The van der Waals surface area contributed by atoms with Crippen molar-refractivity contribution in [1.82, 2.24) is 14.4 Å². The highest BCUT2D eigenvalue weighted by molar-refractivity contribution is 7.99. The Morgan fingerprint density at radius 2 is 1.68 bits per heavy atom. The summed E-state index contributed by atoms with van der Waals surface area (Å²) in [5.41, 5.74) is 4.16. The van der Waals surface area contributed by atoms with Gasteiger partial charge in [-0.1, -0.05) is 49.9 Å². The lowest BCUT2D eigenvalue weighted by atomic mass is 10.2. The average molecular weight is 307 g/mol. The normalized spacial score (nSPS) is 12.0. The summed E-state index contributed by atoms with van der Waals surface area (Å²) >= 11 is 1.80. The molecule has 0 N–H and O–H groups in total. The van der Waals surface area contributed by atoms with Crippen LogP contribution in [-0.2, 0) is 0 Å². The first kappa shape index (κ1) is 13.6. The lowest BCUT2D eigenvalue weighted by molar-refractivity contribution is 0.747. The molecule has 2 heterocycles. The maximum atomic E-state index is 4.88. The first-order valence-electron chi connectivity index (χ1n) is 7.53. The molecule has 0 amide bonds. The molecule has 0 saturated heterocycles. The first-order chi connectivity index (χ1) is 10.7. The van der Waals surface area contributed by atoms with Crippen LogP contribution in [0.15, 0.2) is 53.7 Å². The molecular weight excluding hydrogens is 290 g/mol. The van der Waals surface area contributed by atoms with E-state index in [1.807, 2.05) is 18.2 Å². The molecule has 3 nitrogen and oxygen atoms in total. The molecule has 0 atom stereocenters. The van der Waals surface area contributed by atoms with Gasteiger partial charge >= 0.3 is 0 Å². The predicted molar refractivity (Wildman–Crippen MR) is 93.6 cm³/mol. The Labute approximate surface area is 133 Å². The molecule has 22 heavy (non-hydrogen) atoms. The highest BCUT2D eigenvalue weighted by atomic mass is 32.2. The minimum Gasteiger partial charge on any atom is -0.271 e. The van der Waals surface area contributed by atoms with Crippen molar-refractivity contribution in [2.24, 2.45) is 5.92 Å². The maximum Gasteiger partial charge on any atom is 0.174 e. The van der Waals surface area contributed by atoms with Crippen molar-refractivity contribution < 1.29 is 0 Å². The van der Waals surface area contributed by atoms with Crippen LogP contribution in [0.2, 0.25) is 0 Å². The van der Waals surface area contributed by atoms with E-state index in [1.54, 1.807) is 11.8 Å². The first-order valence-corrected chi connectivity index (χ1v) is 8.51. The third kappa shape index (κ3) is 2.15. The SMILES string of the molecule is CC(C)CSc1nc2ccccc2c2nc3ccccc3n12. The Morgan fingerprint density at radius 1 is 0.955 bits per heavy atom. The van der Waals surface area contributed by atoms with Crippen LogP contribution in [0, 0.1) is 5.92 Å². The second-order valence-corrected chi connectivity index (χ2v) is 6.86. The molecule has 4 aromatic rings. The highest BCUT2D eigenvalue weighted by Gasteiger charge is 2.14. The van der Waals surface area contributed by atoms with Gasteiger partial charge in [0, 0.05) is 11.1 Å². The molecule has 0 saturated carbocycles. The van der Waals surface area contributed by atoms with Gasteiger partial charge in [0.1, 0.15) is 5.65 Å². The molecule has 0 fully saturated rings. The number of imidazole rings is 1. The zero-order chi connectivity index (χ0) is 15.1. The Kier molecular flexibility index (Phi) is 3.26. The minimum absolute atomic E-state index is 0.628. The van der Waals surface area contributed by atoms with E-state index in [2.05, 4.69) is 48.6 Å². The lowest BCUT2D eigenvalue weighted by Crippen LogP contribution is -1.99. The fourth-order valence-corrected chi connectivity index (χ4v) is 3.61. The average Bonchev–Trinajstić information content (AvgIpc) is 2.92.